The van der Waals surface area contributed by atoms with Crippen LogP contribution in [-0.4, -0.2) is 6.29 Å². The molecule has 0 aliphatic carbocycles. The highest BCUT2D eigenvalue weighted by Crippen LogP contribution is 2.19. The molecule has 16 heavy (non-hydrogen) atoms. The van der Waals surface area contributed by atoms with Crippen molar-refractivity contribution in [3.63, 3.8) is 0 Å². The van der Waals surface area contributed by atoms with Gasteiger partial charge in [0.15, 0.2) is 0 Å². The third kappa shape index (κ3) is 4.18. The van der Waals surface area contributed by atoms with Gasteiger partial charge in [0, 0.05) is 6.42 Å². The predicted molar refractivity (Wildman–Crippen MR) is 68.8 cm³/mol. The van der Waals surface area contributed by atoms with E-state index in [1.165, 1.54) is 17.5 Å². The smallest absolute Gasteiger partial charge is 0.119 e. The Labute approximate surface area is 98.9 Å². The lowest BCUT2D eigenvalue weighted by Gasteiger charge is -2.09. The minimum Gasteiger partial charge on any atom is -0.303 e. The van der Waals surface area contributed by atoms with Crippen LogP contribution in [0.3, 0.4) is 0 Å². The molecular weight excluding hydrogens is 196 g/mol. The molecule has 0 aliphatic rings. The molecule has 1 nitrogen and oxygen atoms in total. The van der Waals surface area contributed by atoms with Crippen LogP contribution in [-0.2, 0) is 11.2 Å². The molecule has 1 atom stereocenters. The van der Waals surface area contributed by atoms with Crippen LogP contribution in [0.5, 0.6) is 0 Å². The first kappa shape index (κ1) is 13.0. The zero-order valence-corrected chi connectivity index (χ0v) is 10.4. The summed E-state index contributed by atoms with van der Waals surface area (Å²) in [7, 11) is 0. The molecule has 0 saturated heterocycles. The van der Waals surface area contributed by atoms with E-state index in [0.717, 1.165) is 25.5 Å². The summed E-state index contributed by atoms with van der Waals surface area (Å²) in [5.41, 5.74) is 2.82. The zero-order valence-electron chi connectivity index (χ0n) is 10.4. The molecule has 0 heterocycles. The van der Waals surface area contributed by atoms with E-state index in [1.54, 1.807) is 0 Å². The van der Waals surface area contributed by atoms with Crippen molar-refractivity contribution in [3.05, 3.63) is 35.4 Å². The fourth-order valence-corrected chi connectivity index (χ4v) is 1.81. The van der Waals surface area contributed by atoms with E-state index in [-0.39, 0.29) is 0 Å². The quantitative estimate of drug-likeness (QED) is 0.497. The summed E-state index contributed by atoms with van der Waals surface area (Å²) < 4.78 is 0. The molecular formula is C15H22O. The SMILES string of the molecule is CCC(C)c1ccc(CCCCC=O)cc1. The second kappa shape index (κ2) is 7.21. The van der Waals surface area contributed by atoms with Gasteiger partial charge < -0.3 is 4.79 Å². The molecule has 0 aromatic heterocycles. The second-order valence-corrected chi connectivity index (χ2v) is 4.46. The largest absolute Gasteiger partial charge is 0.303 e. The Hall–Kier alpha value is -1.11. The molecule has 0 bridgehead atoms. The number of aldehydes is 1. The second-order valence-electron chi connectivity index (χ2n) is 4.46. The van der Waals surface area contributed by atoms with Crippen LogP contribution in [0, 0.1) is 0 Å². The highest BCUT2D eigenvalue weighted by atomic mass is 16.1. The van der Waals surface area contributed by atoms with Crippen LogP contribution >= 0.6 is 0 Å². The van der Waals surface area contributed by atoms with Crippen molar-refractivity contribution < 1.29 is 4.79 Å². The summed E-state index contributed by atoms with van der Waals surface area (Å²) in [6, 6.07) is 8.93. The molecule has 88 valence electrons. The number of hydrogen-bond donors (Lipinski definition) is 0. The van der Waals surface area contributed by atoms with Gasteiger partial charge in [-0.1, -0.05) is 38.1 Å². The van der Waals surface area contributed by atoms with Gasteiger partial charge in [-0.05, 0) is 42.7 Å². The molecule has 1 heteroatoms. The van der Waals surface area contributed by atoms with Gasteiger partial charge in [-0.25, -0.2) is 0 Å². The monoisotopic (exact) mass is 218 g/mol. The van der Waals surface area contributed by atoms with E-state index in [1.807, 2.05) is 0 Å². The van der Waals surface area contributed by atoms with Gasteiger partial charge in [0.25, 0.3) is 0 Å². The normalized spacial score (nSPS) is 12.4. The summed E-state index contributed by atoms with van der Waals surface area (Å²) in [5, 5.41) is 0. The molecule has 0 spiro atoms. The molecule has 1 unspecified atom stereocenters. The third-order valence-corrected chi connectivity index (χ3v) is 3.20. The predicted octanol–water partition coefficient (Wildman–Crippen LogP) is 4.11. The van der Waals surface area contributed by atoms with E-state index in [0.29, 0.717) is 12.3 Å². The van der Waals surface area contributed by atoms with Crippen LogP contribution in [0.2, 0.25) is 0 Å². The Bertz CT molecular complexity index is 300. The number of aryl methyl sites for hydroxylation is 1. The van der Waals surface area contributed by atoms with Gasteiger partial charge in [-0.3, -0.25) is 0 Å². The van der Waals surface area contributed by atoms with E-state index in [2.05, 4.69) is 38.1 Å². The fourth-order valence-electron chi connectivity index (χ4n) is 1.81. The third-order valence-electron chi connectivity index (χ3n) is 3.20. The van der Waals surface area contributed by atoms with Gasteiger partial charge in [-0.2, -0.15) is 0 Å². The maximum atomic E-state index is 10.2. The van der Waals surface area contributed by atoms with E-state index in [4.69, 9.17) is 0 Å². The summed E-state index contributed by atoms with van der Waals surface area (Å²) in [6.07, 6.45) is 6.11. The summed E-state index contributed by atoms with van der Waals surface area (Å²) in [4.78, 5) is 10.2. The Morgan fingerprint density at radius 2 is 1.88 bits per heavy atom. The minimum absolute atomic E-state index is 0.657. The fraction of sp³-hybridized carbons (Fsp3) is 0.533. The lowest BCUT2D eigenvalue weighted by molar-refractivity contribution is -0.107. The van der Waals surface area contributed by atoms with Crippen LogP contribution in [0.1, 0.15) is 56.6 Å². The van der Waals surface area contributed by atoms with Gasteiger partial charge in [0.05, 0.1) is 0 Å². The van der Waals surface area contributed by atoms with Crippen molar-refractivity contribution in [2.45, 2.75) is 51.9 Å². The van der Waals surface area contributed by atoms with E-state index >= 15 is 0 Å². The van der Waals surface area contributed by atoms with Crippen LogP contribution in [0.25, 0.3) is 0 Å². The topological polar surface area (TPSA) is 17.1 Å². The van der Waals surface area contributed by atoms with Gasteiger partial charge in [0.2, 0.25) is 0 Å². The maximum absolute atomic E-state index is 10.2. The van der Waals surface area contributed by atoms with Gasteiger partial charge >= 0.3 is 0 Å². The Morgan fingerprint density at radius 1 is 1.19 bits per heavy atom. The van der Waals surface area contributed by atoms with Crippen molar-refractivity contribution in [2.75, 3.05) is 0 Å². The first-order valence-electron chi connectivity index (χ1n) is 6.30. The first-order chi connectivity index (χ1) is 7.77. The Balaban J connectivity index is 2.42. The first-order valence-corrected chi connectivity index (χ1v) is 6.30. The van der Waals surface area contributed by atoms with Crippen LogP contribution < -0.4 is 0 Å². The molecule has 0 amide bonds. The lowest BCUT2D eigenvalue weighted by Crippen LogP contribution is -1.92. The van der Waals surface area contributed by atoms with Gasteiger partial charge in [-0.15, -0.1) is 0 Å². The zero-order chi connectivity index (χ0) is 11.8. The highest BCUT2D eigenvalue weighted by Gasteiger charge is 2.02. The highest BCUT2D eigenvalue weighted by molar-refractivity contribution is 5.48. The number of benzene rings is 1. The number of hydrogen-bond acceptors (Lipinski definition) is 1. The molecule has 0 N–H and O–H groups in total. The molecule has 0 fully saturated rings. The van der Waals surface area contributed by atoms with E-state index in [9.17, 15) is 4.79 Å². The average molecular weight is 218 g/mol. The number of carbonyl (C=O) groups is 1. The van der Waals surface area contributed by atoms with Crippen molar-refractivity contribution in [1.29, 1.82) is 0 Å². The summed E-state index contributed by atoms with van der Waals surface area (Å²) >= 11 is 0. The Morgan fingerprint density at radius 3 is 2.44 bits per heavy atom. The van der Waals surface area contributed by atoms with Crippen molar-refractivity contribution in [2.24, 2.45) is 0 Å². The van der Waals surface area contributed by atoms with E-state index < -0.39 is 0 Å². The van der Waals surface area contributed by atoms with Gasteiger partial charge in [0.1, 0.15) is 6.29 Å². The summed E-state index contributed by atoms with van der Waals surface area (Å²) in [5.74, 6) is 0.657. The maximum Gasteiger partial charge on any atom is 0.119 e. The molecule has 1 aromatic carbocycles. The standard InChI is InChI=1S/C15H22O/c1-3-13(2)15-10-8-14(9-11-15)7-5-4-6-12-16/h8-13H,3-7H2,1-2H3. The molecule has 0 saturated carbocycles. The molecule has 1 aromatic rings. The number of carbonyl (C=O) groups excluding carboxylic acids is 1. The average Bonchev–Trinajstić information content (AvgIpc) is 2.34. The van der Waals surface area contributed by atoms with Crippen molar-refractivity contribution in [3.8, 4) is 0 Å². The number of rotatable bonds is 7. The summed E-state index contributed by atoms with van der Waals surface area (Å²) in [6.45, 7) is 4.48. The Kier molecular flexibility index (Phi) is 5.84. The lowest BCUT2D eigenvalue weighted by atomic mass is 9.96. The number of unbranched alkanes of at least 4 members (excludes halogenated alkanes) is 2. The van der Waals surface area contributed by atoms with Crippen LogP contribution in [0.15, 0.2) is 24.3 Å². The van der Waals surface area contributed by atoms with Crippen molar-refractivity contribution in [1.82, 2.24) is 0 Å². The minimum atomic E-state index is 0.657. The molecule has 1 rings (SSSR count). The van der Waals surface area contributed by atoms with Crippen molar-refractivity contribution >= 4 is 6.29 Å². The molecule has 0 aliphatic heterocycles. The van der Waals surface area contributed by atoms with Crippen LogP contribution in [0.4, 0.5) is 0 Å². The molecule has 0 radical (unpaired) electrons.